The number of furan rings is 1. The Morgan fingerprint density at radius 2 is 1.75 bits per heavy atom. The summed E-state index contributed by atoms with van der Waals surface area (Å²) in [6.45, 7) is 6.00. The predicted molar refractivity (Wildman–Crippen MR) is 138 cm³/mol. The highest BCUT2D eigenvalue weighted by Gasteiger charge is 2.22. The van der Waals surface area contributed by atoms with Gasteiger partial charge in [0, 0.05) is 16.5 Å². The Labute approximate surface area is 206 Å². The minimum atomic E-state index is -0.635. The maximum absolute atomic E-state index is 11.9. The molecule has 0 saturated heterocycles. The summed E-state index contributed by atoms with van der Waals surface area (Å²) in [5.41, 5.74) is 5.76. The molecule has 0 bridgehead atoms. The molecule has 1 atom stereocenters. The summed E-state index contributed by atoms with van der Waals surface area (Å²) in [6, 6.07) is 23.6. The molecule has 7 heteroatoms. The van der Waals surface area contributed by atoms with Gasteiger partial charge in [-0.2, -0.15) is 0 Å². The van der Waals surface area contributed by atoms with Crippen LogP contribution in [0.25, 0.3) is 44.7 Å². The van der Waals surface area contributed by atoms with Crippen molar-refractivity contribution in [2.75, 3.05) is 0 Å². The highest BCUT2D eigenvalue weighted by atomic mass is 16.5. The van der Waals surface area contributed by atoms with E-state index in [1.807, 2.05) is 93.6 Å². The molecule has 1 N–H and O–H groups in total. The van der Waals surface area contributed by atoms with Crippen LogP contribution in [0, 0.1) is 13.8 Å². The fraction of sp³-hybridized carbons (Fsp3) is 0.138. The van der Waals surface area contributed by atoms with E-state index in [-0.39, 0.29) is 6.10 Å². The van der Waals surface area contributed by atoms with Crippen molar-refractivity contribution in [3.05, 3.63) is 100 Å². The van der Waals surface area contributed by atoms with Gasteiger partial charge in [-0.05, 0) is 50.1 Å². The van der Waals surface area contributed by atoms with Gasteiger partial charge in [-0.15, -0.1) is 0 Å². The first-order valence-electron chi connectivity index (χ1n) is 11.7. The highest BCUT2D eigenvalue weighted by molar-refractivity contribution is 6.01. The van der Waals surface area contributed by atoms with Gasteiger partial charge >= 0.3 is 5.76 Å². The maximum atomic E-state index is 11.9. The average molecular weight is 478 g/mol. The molecule has 3 aromatic heterocycles. The van der Waals surface area contributed by atoms with E-state index < -0.39 is 5.76 Å². The molecule has 0 amide bonds. The van der Waals surface area contributed by atoms with Crippen LogP contribution in [0.4, 0.5) is 0 Å². The zero-order valence-electron chi connectivity index (χ0n) is 20.0. The maximum Gasteiger partial charge on any atom is 0.439 e. The van der Waals surface area contributed by atoms with E-state index >= 15 is 0 Å². The lowest BCUT2D eigenvalue weighted by Crippen LogP contribution is -2.05. The van der Waals surface area contributed by atoms with Crippen LogP contribution >= 0.6 is 0 Å². The van der Waals surface area contributed by atoms with E-state index in [9.17, 15) is 4.79 Å². The smallest absolute Gasteiger partial charge is 0.439 e. The van der Waals surface area contributed by atoms with Gasteiger partial charge in [0.25, 0.3) is 0 Å². The number of pyridine rings is 1. The molecule has 0 fully saturated rings. The monoisotopic (exact) mass is 477 g/mol. The molecule has 0 saturated carbocycles. The summed E-state index contributed by atoms with van der Waals surface area (Å²) >= 11 is 0. The summed E-state index contributed by atoms with van der Waals surface area (Å²) in [7, 11) is 0. The molecule has 0 radical (unpaired) electrons. The van der Waals surface area contributed by atoms with E-state index in [4.69, 9.17) is 18.7 Å². The first-order chi connectivity index (χ1) is 17.5. The van der Waals surface area contributed by atoms with Crippen LogP contribution in [0.15, 0.2) is 86.5 Å². The number of aromatic amines is 1. The standard InChI is InChI=1S/C29H23N3O4/c1-16-13-14-24(34-18(3)19-9-5-4-6-10-19)25-21(28-31-29(33)36-32-28)15-22(30-26(16)25)27-17(2)20-11-7-8-12-23(20)35-27/h4-15,18H,1-3H3,(H,31,32,33)/t18-/m1/s1. The third kappa shape index (κ3) is 3.65. The molecule has 0 aliphatic carbocycles. The number of ether oxygens (including phenoxy) is 1. The van der Waals surface area contributed by atoms with E-state index in [0.29, 0.717) is 28.6 Å². The SMILES string of the molecule is Cc1c(-c2cc(-c3noc(=O)[nH]3)c3c(O[C@H](C)c4ccccc4)ccc(C)c3n2)oc2ccccc12. The van der Waals surface area contributed by atoms with E-state index in [1.54, 1.807) is 0 Å². The summed E-state index contributed by atoms with van der Waals surface area (Å²) in [5, 5.41) is 5.75. The number of fused-ring (bicyclic) bond motifs is 2. The van der Waals surface area contributed by atoms with Gasteiger partial charge in [-0.25, -0.2) is 9.78 Å². The number of aryl methyl sites for hydroxylation is 2. The Morgan fingerprint density at radius 3 is 2.50 bits per heavy atom. The van der Waals surface area contributed by atoms with Crippen LogP contribution in [0.3, 0.4) is 0 Å². The molecular weight excluding hydrogens is 454 g/mol. The topological polar surface area (TPSA) is 94.2 Å². The summed E-state index contributed by atoms with van der Waals surface area (Å²) < 4.78 is 17.5. The lowest BCUT2D eigenvalue weighted by atomic mass is 10.0. The molecule has 178 valence electrons. The number of benzene rings is 3. The quantitative estimate of drug-likeness (QED) is 0.295. The molecule has 3 aromatic carbocycles. The molecule has 7 nitrogen and oxygen atoms in total. The summed E-state index contributed by atoms with van der Waals surface area (Å²) in [4.78, 5) is 19.6. The second-order valence-electron chi connectivity index (χ2n) is 8.83. The number of rotatable bonds is 5. The van der Waals surface area contributed by atoms with Crippen LogP contribution in [0.5, 0.6) is 5.75 Å². The fourth-order valence-corrected chi connectivity index (χ4v) is 4.59. The van der Waals surface area contributed by atoms with Gasteiger partial charge in [0.15, 0.2) is 11.6 Å². The van der Waals surface area contributed by atoms with Crippen molar-refractivity contribution in [1.29, 1.82) is 0 Å². The van der Waals surface area contributed by atoms with Gasteiger partial charge in [-0.3, -0.25) is 9.51 Å². The van der Waals surface area contributed by atoms with Crippen LogP contribution in [-0.2, 0) is 0 Å². The van der Waals surface area contributed by atoms with E-state index in [1.165, 1.54) is 0 Å². The van der Waals surface area contributed by atoms with Crippen LogP contribution in [0.2, 0.25) is 0 Å². The van der Waals surface area contributed by atoms with Crippen molar-refractivity contribution < 1.29 is 13.7 Å². The van der Waals surface area contributed by atoms with Gasteiger partial charge in [-0.1, -0.05) is 59.8 Å². The van der Waals surface area contributed by atoms with Crippen molar-refractivity contribution in [3.8, 4) is 28.6 Å². The van der Waals surface area contributed by atoms with Gasteiger partial charge < -0.3 is 9.15 Å². The number of nitrogens with zero attached hydrogens (tertiary/aromatic N) is 2. The number of aromatic nitrogens is 3. The average Bonchev–Trinajstić information content (AvgIpc) is 3.49. The Hall–Kier alpha value is -4.65. The Bertz CT molecular complexity index is 1780. The number of hydrogen-bond acceptors (Lipinski definition) is 6. The number of H-pyrrole nitrogens is 1. The van der Waals surface area contributed by atoms with Crippen molar-refractivity contribution in [2.24, 2.45) is 0 Å². The largest absolute Gasteiger partial charge is 0.485 e. The third-order valence-corrected chi connectivity index (χ3v) is 6.47. The first-order valence-corrected chi connectivity index (χ1v) is 11.7. The second kappa shape index (κ2) is 8.53. The van der Waals surface area contributed by atoms with E-state index in [2.05, 4.69) is 10.1 Å². The fourth-order valence-electron chi connectivity index (χ4n) is 4.59. The van der Waals surface area contributed by atoms with Gasteiger partial charge in [0.2, 0.25) is 0 Å². The number of para-hydroxylation sites is 1. The Balaban J connectivity index is 1.60. The van der Waals surface area contributed by atoms with Crippen molar-refractivity contribution in [3.63, 3.8) is 0 Å². The third-order valence-electron chi connectivity index (χ3n) is 6.47. The molecular formula is C29H23N3O4. The molecule has 0 unspecified atom stereocenters. The van der Waals surface area contributed by atoms with Crippen molar-refractivity contribution >= 4 is 21.9 Å². The highest BCUT2D eigenvalue weighted by Crippen LogP contribution is 2.40. The summed E-state index contributed by atoms with van der Waals surface area (Å²) in [6.07, 6.45) is -0.210. The number of hydrogen-bond donors (Lipinski definition) is 1. The van der Waals surface area contributed by atoms with Crippen molar-refractivity contribution in [1.82, 2.24) is 15.1 Å². The minimum absolute atomic E-state index is 0.210. The van der Waals surface area contributed by atoms with Crippen LogP contribution < -0.4 is 10.5 Å². The van der Waals surface area contributed by atoms with Gasteiger partial charge in [0.05, 0.1) is 10.9 Å². The molecule has 0 aliphatic rings. The molecule has 6 aromatic rings. The lowest BCUT2D eigenvalue weighted by molar-refractivity contribution is 0.230. The second-order valence-corrected chi connectivity index (χ2v) is 8.83. The van der Waals surface area contributed by atoms with Crippen molar-refractivity contribution in [2.45, 2.75) is 26.9 Å². The minimum Gasteiger partial charge on any atom is -0.485 e. The van der Waals surface area contributed by atoms with E-state index in [0.717, 1.165) is 38.6 Å². The number of nitrogens with one attached hydrogen (secondary N) is 1. The predicted octanol–water partition coefficient (Wildman–Crippen LogP) is 6.75. The molecule has 0 aliphatic heterocycles. The summed E-state index contributed by atoms with van der Waals surface area (Å²) in [5.74, 6) is 0.953. The molecule has 3 heterocycles. The normalized spacial score (nSPS) is 12.3. The molecule has 36 heavy (non-hydrogen) atoms. The molecule has 6 rings (SSSR count). The lowest BCUT2D eigenvalue weighted by Gasteiger charge is -2.19. The van der Waals surface area contributed by atoms with Crippen LogP contribution in [0.1, 0.15) is 29.7 Å². The zero-order valence-corrected chi connectivity index (χ0v) is 20.0. The molecule has 0 spiro atoms. The Morgan fingerprint density at radius 1 is 0.972 bits per heavy atom. The Kier molecular flexibility index (Phi) is 5.18. The zero-order chi connectivity index (χ0) is 24.8. The van der Waals surface area contributed by atoms with Gasteiger partial charge in [0.1, 0.15) is 23.1 Å². The first kappa shape index (κ1) is 21.9. The van der Waals surface area contributed by atoms with Crippen LogP contribution in [-0.4, -0.2) is 15.1 Å².